The minimum absolute atomic E-state index is 0.0121. The van der Waals surface area contributed by atoms with E-state index in [1.54, 1.807) is 24.3 Å². The third kappa shape index (κ3) is 2.75. The Morgan fingerprint density at radius 2 is 2.00 bits per heavy atom. The minimum atomic E-state index is -0.405. The Labute approximate surface area is 126 Å². The van der Waals surface area contributed by atoms with Crippen LogP contribution in [0.3, 0.4) is 0 Å². The van der Waals surface area contributed by atoms with Crippen LogP contribution in [0, 0.1) is 5.82 Å². The van der Waals surface area contributed by atoms with E-state index in [-0.39, 0.29) is 19.9 Å². The first-order valence-electron chi connectivity index (χ1n) is 6.37. The molecule has 4 nitrogen and oxygen atoms in total. The summed E-state index contributed by atoms with van der Waals surface area (Å²) in [5.41, 5.74) is 6.76. The molecule has 2 N–H and O–H groups in total. The maximum absolute atomic E-state index is 13.7. The predicted molar refractivity (Wildman–Crippen MR) is 76.2 cm³/mol. The average Bonchev–Trinajstić information content (AvgIpc) is 2.93. The maximum atomic E-state index is 13.7. The lowest BCUT2D eigenvalue weighted by atomic mass is 10.1. The fraction of sp³-hybridized carbons (Fsp3) is 0.200. The predicted octanol–water partition coefficient (Wildman–Crippen LogP) is 3.25. The Balaban J connectivity index is 1.85. The van der Waals surface area contributed by atoms with Gasteiger partial charge in [0.15, 0.2) is 11.5 Å². The molecule has 2 aromatic rings. The molecule has 0 aromatic heterocycles. The van der Waals surface area contributed by atoms with Gasteiger partial charge in [0.25, 0.3) is 0 Å². The van der Waals surface area contributed by atoms with Gasteiger partial charge in [0.1, 0.15) is 18.2 Å². The fourth-order valence-corrected chi connectivity index (χ4v) is 2.30. The average molecular weight is 310 g/mol. The van der Waals surface area contributed by atoms with Crippen LogP contribution in [0.1, 0.15) is 11.1 Å². The molecule has 0 spiro atoms. The van der Waals surface area contributed by atoms with Crippen LogP contribution in [0.2, 0.25) is 5.02 Å². The van der Waals surface area contributed by atoms with E-state index in [1.807, 2.05) is 0 Å². The second-order valence-electron chi connectivity index (χ2n) is 4.51. The van der Waals surface area contributed by atoms with Gasteiger partial charge in [-0.25, -0.2) is 4.39 Å². The first-order valence-corrected chi connectivity index (χ1v) is 6.75. The van der Waals surface area contributed by atoms with Crippen LogP contribution in [0.25, 0.3) is 0 Å². The van der Waals surface area contributed by atoms with Gasteiger partial charge in [-0.15, -0.1) is 0 Å². The molecule has 1 aliphatic rings. The first kappa shape index (κ1) is 14.0. The zero-order chi connectivity index (χ0) is 14.8. The van der Waals surface area contributed by atoms with E-state index in [0.29, 0.717) is 27.8 Å². The molecular formula is C15H13ClFNO3. The van der Waals surface area contributed by atoms with Crippen LogP contribution in [0.15, 0.2) is 30.3 Å². The van der Waals surface area contributed by atoms with Crippen LogP contribution >= 0.6 is 11.6 Å². The zero-order valence-corrected chi connectivity index (χ0v) is 11.8. The number of hydrogen-bond donors (Lipinski definition) is 1. The Kier molecular flexibility index (Phi) is 3.86. The molecule has 0 unspecified atom stereocenters. The summed E-state index contributed by atoms with van der Waals surface area (Å²) in [6, 6.07) is 7.97. The molecule has 2 aromatic carbocycles. The number of nitrogens with two attached hydrogens (primary N) is 1. The molecule has 110 valence electrons. The van der Waals surface area contributed by atoms with E-state index in [0.717, 1.165) is 5.56 Å². The number of fused-ring (bicyclic) bond motifs is 1. The van der Waals surface area contributed by atoms with Gasteiger partial charge in [-0.3, -0.25) is 0 Å². The SMILES string of the molecule is NCc1cc2c(cc1OCc1c(F)cccc1Cl)OCO2. The van der Waals surface area contributed by atoms with Crippen LogP contribution in [-0.4, -0.2) is 6.79 Å². The molecular weight excluding hydrogens is 297 g/mol. The molecule has 0 radical (unpaired) electrons. The highest BCUT2D eigenvalue weighted by Gasteiger charge is 2.18. The number of ether oxygens (including phenoxy) is 3. The highest BCUT2D eigenvalue weighted by atomic mass is 35.5. The van der Waals surface area contributed by atoms with Crippen molar-refractivity contribution in [3.63, 3.8) is 0 Å². The number of benzene rings is 2. The van der Waals surface area contributed by atoms with Crippen molar-refractivity contribution in [3.8, 4) is 17.2 Å². The summed E-state index contributed by atoms with van der Waals surface area (Å²) in [4.78, 5) is 0. The van der Waals surface area contributed by atoms with E-state index in [2.05, 4.69) is 0 Å². The molecule has 0 saturated heterocycles. The summed E-state index contributed by atoms with van der Waals surface area (Å²) in [5, 5.41) is 0.324. The lowest BCUT2D eigenvalue weighted by molar-refractivity contribution is 0.173. The molecule has 1 heterocycles. The van der Waals surface area contributed by atoms with Crippen molar-refractivity contribution in [1.29, 1.82) is 0 Å². The van der Waals surface area contributed by atoms with Crippen LogP contribution in [-0.2, 0) is 13.2 Å². The van der Waals surface area contributed by atoms with Crippen molar-refractivity contribution in [3.05, 3.63) is 52.3 Å². The lowest BCUT2D eigenvalue weighted by Gasteiger charge is -2.12. The van der Waals surface area contributed by atoms with Crippen molar-refractivity contribution >= 4 is 11.6 Å². The fourth-order valence-electron chi connectivity index (χ4n) is 2.08. The molecule has 0 bridgehead atoms. The van der Waals surface area contributed by atoms with Gasteiger partial charge in [-0.05, 0) is 18.2 Å². The van der Waals surface area contributed by atoms with Crippen molar-refractivity contribution in [2.45, 2.75) is 13.2 Å². The molecule has 1 aliphatic heterocycles. The van der Waals surface area contributed by atoms with Crippen molar-refractivity contribution < 1.29 is 18.6 Å². The molecule has 21 heavy (non-hydrogen) atoms. The van der Waals surface area contributed by atoms with Gasteiger partial charge < -0.3 is 19.9 Å². The second-order valence-corrected chi connectivity index (χ2v) is 4.91. The summed E-state index contributed by atoms with van der Waals surface area (Å²) in [5.74, 6) is 1.34. The van der Waals surface area contributed by atoms with Crippen molar-refractivity contribution in [1.82, 2.24) is 0 Å². The maximum Gasteiger partial charge on any atom is 0.231 e. The molecule has 0 aliphatic carbocycles. The standard InChI is InChI=1S/C15H13ClFNO3/c16-11-2-1-3-12(17)10(11)7-19-13-5-15-14(20-8-21-15)4-9(13)6-18/h1-5H,6-8,18H2. The Bertz CT molecular complexity index is 658. The van der Waals surface area contributed by atoms with Crippen LogP contribution < -0.4 is 19.9 Å². The summed E-state index contributed by atoms with van der Waals surface area (Å²) in [7, 11) is 0. The molecule has 3 rings (SSSR count). The van der Waals surface area contributed by atoms with Crippen molar-refractivity contribution in [2.75, 3.05) is 6.79 Å². The number of halogens is 2. The quantitative estimate of drug-likeness (QED) is 0.942. The van der Waals surface area contributed by atoms with Crippen LogP contribution in [0.4, 0.5) is 4.39 Å². The summed E-state index contributed by atoms with van der Waals surface area (Å²) in [6.45, 7) is 0.455. The van der Waals surface area contributed by atoms with Gasteiger partial charge in [0.2, 0.25) is 6.79 Å². The largest absolute Gasteiger partial charge is 0.488 e. The number of hydrogen-bond acceptors (Lipinski definition) is 4. The third-order valence-corrected chi connectivity index (χ3v) is 3.56. The summed E-state index contributed by atoms with van der Waals surface area (Å²) >= 11 is 5.97. The monoisotopic (exact) mass is 309 g/mol. The van der Waals surface area contributed by atoms with E-state index in [1.165, 1.54) is 6.07 Å². The molecule has 0 saturated carbocycles. The topological polar surface area (TPSA) is 53.7 Å². The number of rotatable bonds is 4. The highest BCUT2D eigenvalue weighted by molar-refractivity contribution is 6.31. The Hall–Kier alpha value is -1.98. The van der Waals surface area contributed by atoms with Gasteiger partial charge in [0.05, 0.1) is 5.02 Å². The van der Waals surface area contributed by atoms with Gasteiger partial charge in [0, 0.05) is 23.7 Å². The lowest BCUT2D eigenvalue weighted by Crippen LogP contribution is -2.04. The molecule has 6 heteroatoms. The van der Waals surface area contributed by atoms with Gasteiger partial charge in [-0.1, -0.05) is 17.7 Å². The van der Waals surface area contributed by atoms with E-state index in [4.69, 9.17) is 31.5 Å². The van der Waals surface area contributed by atoms with Crippen LogP contribution in [0.5, 0.6) is 17.2 Å². The summed E-state index contributed by atoms with van der Waals surface area (Å²) in [6.07, 6.45) is 0. The normalized spacial score (nSPS) is 12.5. The van der Waals surface area contributed by atoms with E-state index >= 15 is 0 Å². The second kappa shape index (κ2) is 5.79. The Morgan fingerprint density at radius 1 is 1.24 bits per heavy atom. The van der Waals surface area contributed by atoms with Crippen molar-refractivity contribution in [2.24, 2.45) is 5.73 Å². The van der Waals surface area contributed by atoms with Gasteiger partial charge >= 0.3 is 0 Å². The first-order chi connectivity index (χ1) is 10.2. The van der Waals surface area contributed by atoms with E-state index in [9.17, 15) is 4.39 Å². The smallest absolute Gasteiger partial charge is 0.231 e. The third-order valence-electron chi connectivity index (χ3n) is 3.21. The summed E-state index contributed by atoms with van der Waals surface area (Å²) < 4.78 is 30.0. The highest BCUT2D eigenvalue weighted by Crippen LogP contribution is 2.38. The molecule has 0 fully saturated rings. The van der Waals surface area contributed by atoms with E-state index < -0.39 is 5.82 Å². The minimum Gasteiger partial charge on any atom is -0.488 e. The molecule has 0 atom stereocenters. The van der Waals surface area contributed by atoms with Gasteiger partial charge in [-0.2, -0.15) is 0 Å². The Morgan fingerprint density at radius 3 is 2.71 bits per heavy atom. The molecule has 0 amide bonds. The zero-order valence-electron chi connectivity index (χ0n) is 11.1.